The fourth-order valence-electron chi connectivity index (χ4n) is 2.66. The Balaban J connectivity index is 1.87. The molecule has 0 bridgehead atoms. The van der Waals surface area contributed by atoms with Crippen molar-refractivity contribution in [2.45, 2.75) is 20.3 Å². The number of carbonyl (C=O) groups is 1. The Bertz CT molecular complexity index is 994. The Morgan fingerprint density at radius 2 is 2.12 bits per heavy atom. The Hall–Kier alpha value is -3.42. The highest BCUT2D eigenvalue weighted by Crippen LogP contribution is 2.28. The largest absolute Gasteiger partial charge is 0.506 e. The Kier molecular flexibility index (Phi) is 4.10. The second kappa shape index (κ2) is 6.23. The van der Waals surface area contributed by atoms with Crippen molar-refractivity contribution in [1.82, 2.24) is 9.38 Å². The van der Waals surface area contributed by atoms with Crippen LogP contribution >= 0.6 is 0 Å². The average Bonchev–Trinajstić information content (AvgIpc) is 2.87. The molecular weight excluding hydrogens is 324 g/mol. The van der Waals surface area contributed by atoms with Crippen LogP contribution in [0.1, 0.15) is 17.0 Å². The quantitative estimate of drug-likeness (QED) is 0.431. The number of non-ortho nitro benzene ring substituents is 1. The molecule has 0 aliphatic rings. The number of hydrogen-bond donors (Lipinski definition) is 2. The van der Waals surface area contributed by atoms with Crippen LogP contribution in [0.25, 0.3) is 5.65 Å². The van der Waals surface area contributed by atoms with E-state index in [4.69, 9.17) is 0 Å². The third-order valence-corrected chi connectivity index (χ3v) is 3.94. The number of carbonyl (C=O) groups excluding carboxylic acids is 1. The number of rotatable bonds is 4. The number of nitro groups is 1. The molecule has 3 rings (SSSR count). The molecule has 0 saturated carbocycles. The maximum atomic E-state index is 12.4. The molecule has 0 atom stereocenters. The summed E-state index contributed by atoms with van der Waals surface area (Å²) < 4.78 is 1.84. The zero-order valence-electron chi connectivity index (χ0n) is 13.7. The first-order chi connectivity index (χ1) is 11.9. The van der Waals surface area contributed by atoms with Gasteiger partial charge < -0.3 is 14.8 Å². The molecule has 8 nitrogen and oxygen atoms in total. The predicted molar refractivity (Wildman–Crippen MR) is 91.8 cm³/mol. The van der Waals surface area contributed by atoms with Crippen molar-refractivity contribution in [2.24, 2.45) is 0 Å². The van der Waals surface area contributed by atoms with E-state index < -0.39 is 10.8 Å². The summed E-state index contributed by atoms with van der Waals surface area (Å²) in [5.74, 6) is -0.633. The number of pyridine rings is 1. The van der Waals surface area contributed by atoms with Gasteiger partial charge in [-0.3, -0.25) is 14.9 Å². The summed E-state index contributed by atoms with van der Waals surface area (Å²) in [6, 6.07) is 7.28. The molecule has 2 heterocycles. The Morgan fingerprint density at radius 1 is 1.36 bits per heavy atom. The van der Waals surface area contributed by atoms with Crippen LogP contribution in [-0.4, -0.2) is 25.3 Å². The van der Waals surface area contributed by atoms with Crippen LogP contribution in [0.2, 0.25) is 0 Å². The van der Waals surface area contributed by atoms with E-state index in [1.807, 2.05) is 36.6 Å². The molecular formula is C17H16N4O4. The fourth-order valence-corrected chi connectivity index (χ4v) is 2.66. The van der Waals surface area contributed by atoms with E-state index in [1.165, 1.54) is 12.1 Å². The number of nitro benzene ring substituents is 1. The maximum absolute atomic E-state index is 12.4. The lowest BCUT2D eigenvalue weighted by atomic mass is 10.2. The van der Waals surface area contributed by atoms with Gasteiger partial charge in [0.15, 0.2) is 0 Å². The van der Waals surface area contributed by atoms with Gasteiger partial charge >= 0.3 is 0 Å². The van der Waals surface area contributed by atoms with Crippen molar-refractivity contribution in [2.75, 3.05) is 5.32 Å². The van der Waals surface area contributed by atoms with Crippen LogP contribution in [0.15, 0.2) is 36.5 Å². The summed E-state index contributed by atoms with van der Waals surface area (Å²) in [5, 5.41) is 23.1. The van der Waals surface area contributed by atoms with Gasteiger partial charge in [0.2, 0.25) is 5.91 Å². The average molecular weight is 340 g/mol. The van der Waals surface area contributed by atoms with Gasteiger partial charge in [0, 0.05) is 18.3 Å². The van der Waals surface area contributed by atoms with E-state index in [9.17, 15) is 20.0 Å². The second-order valence-corrected chi connectivity index (χ2v) is 5.71. The number of amides is 1. The summed E-state index contributed by atoms with van der Waals surface area (Å²) in [5.41, 5.74) is 3.01. The number of phenolic OH excluding ortho intramolecular Hbond substituents is 1. The first-order valence-corrected chi connectivity index (χ1v) is 7.57. The van der Waals surface area contributed by atoms with E-state index in [1.54, 1.807) is 0 Å². The number of hydrogen-bond acceptors (Lipinski definition) is 5. The highest BCUT2D eigenvalue weighted by Gasteiger charge is 2.16. The van der Waals surface area contributed by atoms with Crippen LogP contribution < -0.4 is 5.32 Å². The molecule has 0 saturated heterocycles. The fraction of sp³-hybridized carbons (Fsp3) is 0.176. The van der Waals surface area contributed by atoms with Gasteiger partial charge in [-0.2, -0.15) is 0 Å². The number of benzene rings is 1. The number of anilines is 1. The first kappa shape index (κ1) is 16.4. The van der Waals surface area contributed by atoms with E-state index >= 15 is 0 Å². The van der Waals surface area contributed by atoms with Crippen LogP contribution in [0.5, 0.6) is 5.75 Å². The van der Waals surface area contributed by atoms with Crippen molar-refractivity contribution >= 4 is 22.9 Å². The summed E-state index contributed by atoms with van der Waals surface area (Å²) >= 11 is 0. The molecule has 1 amide bonds. The lowest BCUT2D eigenvalue weighted by Gasteiger charge is -2.08. The Morgan fingerprint density at radius 3 is 2.84 bits per heavy atom. The van der Waals surface area contributed by atoms with Crippen LogP contribution in [0.4, 0.5) is 11.4 Å². The minimum absolute atomic E-state index is 0.00172. The number of nitrogens with zero attached hydrogens (tertiary/aromatic N) is 3. The van der Waals surface area contributed by atoms with Crippen molar-refractivity contribution in [1.29, 1.82) is 0 Å². The molecule has 0 unspecified atom stereocenters. The minimum Gasteiger partial charge on any atom is -0.506 e. The topological polar surface area (TPSA) is 110 Å². The SMILES string of the molecule is Cc1nc2c(C)cccn2c1CC(=O)Nc1cc([N+](=O)[O-])ccc1O. The summed E-state index contributed by atoms with van der Waals surface area (Å²) in [7, 11) is 0. The predicted octanol–water partition coefficient (Wildman–Crippen LogP) is 2.75. The number of fused-ring (bicyclic) bond motifs is 1. The molecule has 0 aliphatic carbocycles. The van der Waals surface area contributed by atoms with E-state index in [2.05, 4.69) is 10.3 Å². The van der Waals surface area contributed by atoms with Gasteiger partial charge in [-0.25, -0.2) is 4.98 Å². The molecule has 128 valence electrons. The molecule has 2 aromatic heterocycles. The van der Waals surface area contributed by atoms with Gasteiger partial charge in [-0.05, 0) is 31.5 Å². The van der Waals surface area contributed by atoms with Crippen LogP contribution in [0.3, 0.4) is 0 Å². The lowest BCUT2D eigenvalue weighted by Crippen LogP contribution is -2.16. The summed E-state index contributed by atoms with van der Waals surface area (Å²) in [4.78, 5) is 27.1. The number of nitrogens with one attached hydrogen (secondary N) is 1. The summed E-state index contributed by atoms with van der Waals surface area (Å²) in [6.07, 6.45) is 1.86. The second-order valence-electron chi connectivity index (χ2n) is 5.71. The number of aryl methyl sites for hydroxylation is 2. The first-order valence-electron chi connectivity index (χ1n) is 7.57. The maximum Gasteiger partial charge on any atom is 0.271 e. The standard InChI is InChI=1S/C17H16N4O4/c1-10-4-3-7-20-14(11(2)18-17(10)20)9-16(23)19-13-8-12(21(24)25)5-6-15(13)22/h3-8,22H,9H2,1-2H3,(H,19,23). The van der Waals surface area contributed by atoms with Gasteiger partial charge in [-0.15, -0.1) is 0 Å². The van der Waals surface area contributed by atoms with Gasteiger partial charge in [0.25, 0.3) is 5.69 Å². The smallest absolute Gasteiger partial charge is 0.271 e. The van der Waals surface area contributed by atoms with Crippen LogP contribution in [0, 0.1) is 24.0 Å². The van der Waals surface area contributed by atoms with E-state index in [0.717, 1.165) is 28.7 Å². The third kappa shape index (κ3) is 3.14. The molecule has 3 aromatic rings. The van der Waals surface area contributed by atoms with Gasteiger partial charge in [0.1, 0.15) is 11.4 Å². The van der Waals surface area contributed by atoms with Crippen molar-refractivity contribution in [3.63, 3.8) is 0 Å². The number of aromatic nitrogens is 2. The third-order valence-electron chi connectivity index (χ3n) is 3.94. The highest BCUT2D eigenvalue weighted by atomic mass is 16.6. The molecule has 8 heteroatoms. The number of phenols is 1. The molecule has 0 fully saturated rings. The molecule has 2 N–H and O–H groups in total. The van der Waals surface area contributed by atoms with E-state index in [0.29, 0.717) is 0 Å². The lowest BCUT2D eigenvalue weighted by molar-refractivity contribution is -0.384. The van der Waals surface area contributed by atoms with Gasteiger partial charge in [-0.1, -0.05) is 6.07 Å². The minimum atomic E-state index is -0.591. The zero-order chi connectivity index (χ0) is 18.1. The van der Waals surface area contributed by atoms with Crippen molar-refractivity contribution in [3.8, 4) is 5.75 Å². The number of aromatic hydroxyl groups is 1. The zero-order valence-corrected chi connectivity index (χ0v) is 13.7. The van der Waals surface area contributed by atoms with Crippen molar-refractivity contribution in [3.05, 3.63) is 63.6 Å². The Labute approximate surface area is 142 Å². The number of imidazole rings is 1. The molecule has 25 heavy (non-hydrogen) atoms. The molecule has 1 aromatic carbocycles. The molecule has 0 aliphatic heterocycles. The summed E-state index contributed by atoms with van der Waals surface area (Å²) in [6.45, 7) is 3.76. The van der Waals surface area contributed by atoms with Crippen LogP contribution in [-0.2, 0) is 11.2 Å². The molecule has 0 radical (unpaired) electrons. The van der Waals surface area contributed by atoms with Crippen molar-refractivity contribution < 1.29 is 14.8 Å². The van der Waals surface area contributed by atoms with E-state index in [-0.39, 0.29) is 23.5 Å². The monoisotopic (exact) mass is 340 g/mol. The highest BCUT2D eigenvalue weighted by molar-refractivity contribution is 5.94. The van der Waals surface area contributed by atoms with Gasteiger partial charge in [0.05, 0.1) is 28.4 Å². The normalized spacial score (nSPS) is 10.8. The molecule has 0 spiro atoms.